The fourth-order valence-electron chi connectivity index (χ4n) is 2.54. The molecule has 1 aromatic carbocycles. The van der Waals surface area contributed by atoms with Gasteiger partial charge in [0.15, 0.2) is 5.65 Å². The minimum absolute atomic E-state index is 0.199. The van der Waals surface area contributed by atoms with E-state index in [0.29, 0.717) is 22.3 Å². The van der Waals surface area contributed by atoms with E-state index in [9.17, 15) is 4.79 Å². The molecule has 0 aliphatic heterocycles. The molecular formula is C17H13ClN4O2. The largest absolute Gasteiger partial charge is 0.444 e. The zero-order valence-corrected chi connectivity index (χ0v) is 13.6. The lowest BCUT2D eigenvalue weighted by molar-refractivity contribution is 0.442. The summed E-state index contributed by atoms with van der Waals surface area (Å²) in [5.74, 6) is 1.16. The maximum absolute atomic E-state index is 12.6. The third kappa shape index (κ3) is 2.61. The van der Waals surface area contributed by atoms with Crippen LogP contribution in [0.15, 0.2) is 58.0 Å². The first-order valence-electron chi connectivity index (χ1n) is 7.36. The molecule has 0 saturated carbocycles. The molecule has 0 saturated heterocycles. The van der Waals surface area contributed by atoms with Gasteiger partial charge < -0.3 is 4.42 Å². The van der Waals surface area contributed by atoms with Crippen molar-refractivity contribution < 1.29 is 4.42 Å². The number of rotatable bonds is 3. The van der Waals surface area contributed by atoms with E-state index in [4.69, 9.17) is 16.0 Å². The highest BCUT2D eigenvalue weighted by atomic mass is 35.5. The molecule has 0 amide bonds. The van der Waals surface area contributed by atoms with Crippen molar-refractivity contribution in [2.45, 2.75) is 13.5 Å². The summed E-state index contributed by atoms with van der Waals surface area (Å²) in [5, 5.41) is 4.98. The predicted octanol–water partition coefficient (Wildman–Crippen LogP) is 3.16. The van der Waals surface area contributed by atoms with Crippen LogP contribution < -0.4 is 5.69 Å². The van der Waals surface area contributed by atoms with Crippen molar-refractivity contribution >= 4 is 17.2 Å². The lowest BCUT2D eigenvalue weighted by Gasteiger charge is -2.01. The van der Waals surface area contributed by atoms with Crippen LogP contribution in [0.25, 0.3) is 16.8 Å². The van der Waals surface area contributed by atoms with E-state index in [1.165, 1.54) is 9.08 Å². The summed E-state index contributed by atoms with van der Waals surface area (Å²) in [6.45, 7) is 2.01. The van der Waals surface area contributed by atoms with Gasteiger partial charge in [-0.3, -0.25) is 0 Å². The topological polar surface area (TPSA) is 65.3 Å². The van der Waals surface area contributed by atoms with Crippen molar-refractivity contribution in [3.05, 3.63) is 75.9 Å². The van der Waals surface area contributed by atoms with Crippen LogP contribution in [0.5, 0.6) is 0 Å². The summed E-state index contributed by atoms with van der Waals surface area (Å²) >= 11 is 5.92. The van der Waals surface area contributed by atoms with Gasteiger partial charge in [-0.15, -0.1) is 5.10 Å². The molecule has 3 heterocycles. The highest BCUT2D eigenvalue weighted by molar-refractivity contribution is 6.30. The van der Waals surface area contributed by atoms with Gasteiger partial charge in [-0.2, -0.15) is 0 Å². The van der Waals surface area contributed by atoms with Gasteiger partial charge in [0.05, 0.1) is 6.20 Å². The van der Waals surface area contributed by atoms with E-state index in [1.807, 2.05) is 36.4 Å². The molecule has 6 nitrogen and oxygen atoms in total. The van der Waals surface area contributed by atoms with Crippen molar-refractivity contribution in [1.82, 2.24) is 19.2 Å². The Hall–Kier alpha value is -2.86. The fraction of sp³-hybridized carbons (Fsp3) is 0.118. The van der Waals surface area contributed by atoms with Crippen molar-refractivity contribution in [2.75, 3.05) is 0 Å². The number of benzene rings is 1. The molecule has 3 aromatic heterocycles. The van der Waals surface area contributed by atoms with Crippen LogP contribution in [0.3, 0.4) is 0 Å². The number of nitrogens with zero attached hydrogens (tertiary/aromatic N) is 4. The van der Waals surface area contributed by atoms with E-state index >= 15 is 0 Å². The predicted molar refractivity (Wildman–Crippen MR) is 90.2 cm³/mol. The molecule has 4 aromatic rings. The average molecular weight is 341 g/mol. The Bertz CT molecular complexity index is 1080. The molecule has 0 aliphatic rings. The van der Waals surface area contributed by atoms with Crippen LogP contribution in [0.1, 0.15) is 11.7 Å². The van der Waals surface area contributed by atoms with E-state index in [0.717, 1.165) is 11.1 Å². The molecule has 0 unspecified atom stereocenters. The first-order chi connectivity index (χ1) is 11.6. The van der Waals surface area contributed by atoms with Gasteiger partial charge in [-0.05, 0) is 42.3 Å². The summed E-state index contributed by atoms with van der Waals surface area (Å²) in [6.07, 6.45) is 3.39. The number of fused-ring (bicyclic) bond motifs is 1. The minimum atomic E-state index is -0.239. The van der Waals surface area contributed by atoms with E-state index < -0.39 is 0 Å². The van der Waals surface area contributed by atoms with Gasteiger partial charge in [0, 0.05) is 11.2 Å². The zero-order valence-electron chi connectivity index (χ0n) is 12.8. The Morgan fingerprint density at radius 2 is 1.88 bits per heavy atom. The average Bonchev–Trinajstić information content (AvgIpc) is 3.12. The van der Waals surface area contributed by atoms with Crippen LogP contribution in [-0.2, 0) is 6.54 Å². The number of halogens is 1. The Labute approximate surface area is 141 Å². The molecule has 24 heavy (non-hydrogen) atoms. The second-order valence-corrected chi connectivity index (χ2v) is 5.89. The van der Waals surface area contributed by atoms with Crippen LogP contribution in [-0.4, -0.2) is 19.2 Å². The monoisotopic (exact) mass is 340 g/mol. The maximum Gasteiger partial charge on any atom is 0.350 e. The summed E-state index contributed by atoms with van der Waals surface area (Å²) in [6, 6.07) is 11.2. The van der Waals surface area contributed by atoms with Crippen molar-refractivity contribution in [3.63, 3.8) is 0 Å². The van der Waals surface area contributed by atoms with Gasteiger partial charge in [0.2, 0.25) is 5.89 Å². The number of hydrogen-bond donors (Lipinski definition) is 0. The molecule has 0 bridgehead atoms. The summed E-state index contributed by atoms with van der Waals surface area (Å²) in [5.41, 5.74) is 2.22. The molecule has 4 rings (SSSR count). The van der Waals surface area contributed by atoms with Crippen LogP contribution in [0.2, 0.25) is 5.02 Å². The number of pyridine rings is 1. The normalized spacial score (nSPS) is 11.2. The SMILES string of the molecule is Cc1cnc(Cn2nc3ccc(-c4ccc(Cl)cc4)cn3c2=O)o1. The summed E-state index contributed by atoms with van der Waals surface area (Å²) < 4.78 is 8.26. The summed E-state index contributed by atoms with van der Waals surface area (Å²) in [7, 11) is 0. The molecule has 7 heteroatoms. The molecule has 0 spiro atoms. The molecule has 0 atom stereocenters. The molecule has 0 radical (unpaired) electrons. The molecule has 0 fully saturated rings. The van der Waals surface area contributed by atoms with Crippen molar-refractivity contribution in [3.8, 4) is 11.1 Å². The molecular weight excluding hydrogens is 328 g/mol. The van der Waals surface area contributed by atoms with Crippen molar-refractivity contribution in [1.29, 1.82) is 0 Å². The first kappa shape index (κ1) is 14.7. The summed E-state index contributed by atoms with van der Waals surface area (Å²) in [4.78, 5) is 16.7. The van der Waals surface area contributed by atoms with Crippen LogP contribution in [0, 0.1) is 6.92 Å². The smallest absolute Gasteiger partial charge is 0.350 e. The number of aromatic nitrogens is 4. The minimum Gasteiger partial charge on any atom is -0.444 e. The van der Waals surface area contributed by atoms with Crippen molar-refractivity contribution in [2.24, 2.45) is 0 Å². The quantitative estimate of drug-likeness (QED) is 0.574. The van der Waals surface area contributed by atoms with Gasteiger partial charge in [0.1, 0.15) is 12.3 Å². The zero-order chi connectivity index (χ0) is 16.7. The van der Waals surface area contributed by atoms with Crippen LogP contribution in [0.4, 0.5) is 0 Å². The van der Waals surface area contributed by atoms with E-state index in [1.54, 1.807) is 19.3 Å². The first-order valence-corrected chi connectivity index (χ1v) is 7.74. The number of oxazole rings is 1. The molecule has 120 valence electrons. The van der Waals surface area contributed by atoms with E-state index in [-0.39, 0.29) is 12.2 Å². The van der Waals surface area contributed by atoms with E-state index in [2.05, 4.69) is 10.1 Å². The fourth-order valence-corrected chi connectivity index (χ4v) is 2.66. The van der Waals surface area contributed by atoms with Crippen LogP contribution >= 0.6 is 11.6 Å². The number of aryl methyl sites for hydroxylation is 1. The Morgan fingerprint density at radius 1 is 1.12 bits per heavy atom. The maximum atomic E-state index is 12.6. The molecule has 0 N–H and O–H groups in total. The number of hydrogen-bond acceptors (Lipinski definition) is 4. The highest BCUT2D eigenvalue weighted by Gasteiger charge is 2.11. The Morgan fingerprint density at radius 3 is 2.58 bits per heavy atom. The second kappa shape index (κ2) is 5.65. The highest BCUT2D eigenvalue weighted by Crippen LogP contribution is 2.21. The lowest BCUT2D eigenvalue weighted by Crippen LogP contribution is -2.21. The third-order valence-electron chi connectivity index (χ3n) is 3.71. The lowest BCUT2D eigenvalue weighted by atomic mass is 10.1. The Kier molecular flexibility index (Phi) is 3.46. The Balaban J connectivity index is 1.75. The third-order valence-corrected chi connectivity index (χ3v) is 3.96. The van der Waals surface area contributed by atoms with Gasteiger partial charge >= 0.3 is 5.69 Å². The standard InChI is InChI=1S/C17H13ClN4O2/c1-11-8-19-16(24-11)10-22-17(23)21-9-13(4-7-15(21)20-22)12-2-5-14(18)6-3-12/h2-9H,10H2,1H3. The second-order valence-electron chi connectivity index (χ2n) is 5.46. The van der Waals surface area contributed by atoms with Gasteiger partial charge in [-0.1, -0.05) is 23.7 Å². The molecule has 0 aliphatic carbocycles. The van der Waals surface area contributed by atoms with Gasteiger partial charge in [-0.25, -0.2) is 18.9 Å². The van der Waals surface area contributed by atoms with Gasteiger partial charge in [0.25, 0.3) is 0 Å².